The van der Waals surface area contributed by atoms with Crippen molar-refractivity contribution < 1.29 is 40.9 Å². The number of carbonyl (C=O) groups is 1. The van der Waals surface area contributed by atoms with E-state index in [1.807, 2.05) is 0 Å². The minimum absolute atomic E-state index is 0.0887. The first kappa shape index (κ1) is 27.9. The van der Waals surface area contributed by atoms with E-state index in [1.54, 1.807) is 12.1 Å². The molecule has 0 saturated carbocycles. The van der Waals surface area contributed by atoms with Crippen LogP contribution in [0.3, 0.4) is 0 Å². The topological polar surface area (TPSA) is 103 Å². The van der Waals surface area contributed by atoms with E-state index in [0.717, 1.165) is 19.5 Å². The Morgan fingerprint density at radius 1 is 0.971 bits per heavy atom. The molecule has 0 atom stereocenters. The predicted octanol–water partition coefficient (Wildman–Crippen LogP) is 3.40. The molecule has 1 N–H and O–H groups in total. The molecular weight excluding hydrogens is 486 g/mol. The fraction of sp³-hybridized carbons (Fsp3) is 0.348. The normalized spacial score (nSPS) is 12.0. The molecule has 0 radical (unpaired) electrons. The largest absolute Gasteiger partial charge is 0.496 e. The Morgan fingerprint density at radius 3 is 2.03 bits per heavy atom. The number of rotatable bonds is 11. The number of sulfone groups is 1. The Morgan fingerprint density at radius 2 is 1.54 bits per heavy atom. The molecule has 0 aliphatic heterocycles. The minimum atomic E-state index is -3.84. The van der Waals surface area contributed by atoms with Gasteiger partial charge in [0.15, 0.2) is 9.84 Å². The first-order valence-electron chi connectivity index (χ1n) is 10.1. The van der Waals surface area contributed by atoms with Crippen LogP contribution in [0.25, 0.3) is 6.08 Å². The molecule has 12 heteroatoms. The lowest BCUT2D eigenvalue weighted by atomic mass is 10.1. The molecule has 0 aliphatic carbocycles. The molecule has 2 rings (SSSR count). The van der Waals surface area contributed by atoms with E-state index in [2.05, 4.69) is 5.32 Å². The van der Waals surface area contributed by atoms with E-state index >= 15 is 0 Å². The quantitative estimate of drug-likeness (QED) is 0.455. The van der Waals surface area contributed by atoms with Crippen LogP contribution < -0.4 is 24.3 Å². The smallest absolute Gasteiger partial charge is 0.383 e. The van der Waals surface area contributed by atoms with Gasteiger partial charge in [0.25, 0.3) is 0 Å². The molecule has 9 nitrogen and oxygen atoms in total. The van der Waals surface area contributed by atoms with Gasteiger partial charge >= 0.3 is 12.0 Å². The van der Waals surface area contributed by atoms with Gasteiger partial charge < -0.3 is 24.3 Å². The van der Waals surface area contributed by atoms with E-state index in [1.165, 1.54) is 52.7 Å². The Hall–Kier alpha value is -3.38. The number of hydrogen-bond acceptors (Lipinski definition) is 8. The van der Waals surface area contributed by atoms with Crippen LogP contribution in [0.5, 0.6) is 23.0 Å². The molecule has 0 heterocycles. The number of halogens is 2. The summed E-state index contributed by atoms with van der Waals surface area (Å²) < 4.78 is 74.5. The van der Waals surface area contributed by atoms with E-state index < -0.39 is 27.5 Å². The zero-order chi connectivity index (χ0) is 26.4. The highest BCUT2D eigenvalue weighted by molar-refractivity contribution is 7.93. The number of amides is 1. The van der Waals surface area contributed by atoms with Crippen molar-refractivity contribution in [2.45, 2.75) is 11.8 Å². The number of likely N-dealkylation sites (N-methyl/N-ethyl adjacent to an activating group) is 1. The first-order chi connectivity index (χ1) is 16.4. The molecule has 0 aromatic heterocycles. The molecule has 2 aromatic carbocycles. The van der Waals surface area contributed by atoms with Gasteiger partial charge in [0, 0.05) is 17.5 Å². The lowest BCUT2D eigenvalue weighted by molar-refractivity contribution is -0.164. The number of benzene rings is 2. The maximum Gasteiger partial charge on any atom is 0.383 e. The fourth-order valence-electron chi connectivity index (χ4n) is 2.99. The van der Waals surface area contributed by atoms with Crippen LogP contribution in [0.2, 0.25) is 0 Å². The third-order valence-corrected chi connectivity index (χ3v) is 6.20. The van der Waals surface area contributed by atoms with Crippen molar-refractivity contribution in [2.75, 3.05) is 47.9 Å². The molecular formula is C23H28F2N2O7S. The Kier molecular flexibility index (Phi) is 9.05. The third-order valence-electron chi connectivity index (χ3n) is 4.91. The highest BCUT2D eigenvalue weighted by atomic mass is 32.2. The van der Waals surface area contributed by atoms with Gasteiger partial charge in [-0.1, -0.05) is 6.07 Å². The van der Waals surface area contributed by atoms with Gasteiger partial charge in [-0.25, -0.2) is 13.3 Å². The zero-order valence-electron chi connectivity index (χ0n) is 20.2. The van der Waals surface area contributed by atoms with Crippen LogP contribution in [0.15, 0.2) is 35.7 Å². The van der Waals surface area contributed by atoms with Crippen LogP contribution in [0.1, 0.15) is 11.1 Å². The summed E-state index contributed by atoms with van der Waals surface area (Å²) >= 11 is 0. The van der Waals surface area contributed by atoms with Gasteiger partial charge in [0.1, 0.15) is 23.0 Å². The number of hydrogen-bond donors (Lipinski definition) is 1. The molecule has 0 fully saturated rings. The van der Waals surface area contributed by atoms with Crippen LogP contribution in [0.4, 0.5) is 14.5 Å². The van der Waals surface area contributed by atoms with Gasteiger partial charge in [-0.2, -0.15) is 8.78 Å². The Labute approximate surface area is 203 Å². The average Bonchev–Trinajstić information content (AvgIpc) is 2.81. The number of carbonyl (C=O) groups excluding carboxylic acids is 1. The number of ether oxygens (including phenoxy) is 4. The monoisotopic (exact) mass is 514 g/mol. The summed E-state index contributed by atoms with van der Waals surface area (Å²) in [6.45, 7) is 0. The van der Waals surface area contributed by atoms with Gasteiger partial charge in [-0.05, 0) is 37.9 Å². The number of nitrogens with one attached hydrogen (secondary N) is 1. The van der Waals surface area contributed by atoms with Crippen LogP contribution >= 0.6 is 0 Å². The van der Waals surface area contributed by atoms with E-state index in [0.29, 0.717) is 27.7 Å². The third kappa shape index (κ3) is 6.83. The highest BCUT2D eigenvalue weighted by Gasteiger charge is 2.41. The maximum absolute atomic E-state index is 14.0. The number of methoxy groups -OCH3 is 4. The second-order valence-electron chi connectivity index (χ2n) is 7.48. The summed E-state index contributed by atoms with van der Waals surface area (Å²) in [4.78, 5) is 12.5. The molecule has 2 aromatic rings. The summed E-state index contributed by atoms with van der Waals surface area (Å²) in [6, 6.07) is 3.48. The number of anilines is 1. The van der Waals surface area contributed by atoms with Gasteiger partial charge in [0.05, 0.1) is 45.4 Å². The van der Waals surface area contributed by atoms with E-state index in [4.69, 9.17) is 18.9 Å². The maximum atomic E-state index is 14.0. The second-order valence-corrected chi connectivity index (χ2v) is 9.37. The Bertz CT molecular complexity index is 1170. The summed E-state index contributed by atoms with van der Waals surface area (Å²) in [5.41, 5.74) is 0.537. The summed E-state index contributed by atoms with van der Waals surface area (Å²) in [5.74, 6) is -0.822. The SMILES string of the molecule is COc1cc(OC)c(/C=C/S(=O)(=O)Cc2ccc(OC)c(NC(=O)C(F)(F)N(C)C)c2)c(OC)c1. The summed E-state index contributed by atoms with van der Waals surface area (Å²) in [7, 11) is 3.89. The lowest BCUT2D eigenvalue weighted by Gasteiger charge is -2.23. The molecule has 0 bridgehead atoms. The van der Waals surface area contributed by atoms with Crippen molar-refractivity contribution in [3.8, 4) is 23.0 Å². The number of alkyl halides is 2. The van der Waals surface area contributed by atoms with Gasteiger partial charge in [-0.3, -0.25) is 4.79 Å². The van der Waals surface area contributed by atoms with Crippen molar-refractivity contribution in [3.05, 3.63) is 46.9 Å². The van der Waals surface area contributed by atoms with Crippen LogP contribution in [0, 0.1) is 0 Å². The average molecular weight is 515 g/mol. The van der Waals surface area contributed by atoms with Crippen molar-refractivity contribution in [1.82, 2.24) is 4.90 Å². The second kappa shape index (κ2) is 11.4. The molecule has 1 amide bonds. The van der Waals surface area contributed by atoms with Gasteiger partial charge in [0.2, 0.25) is 0 Å². The molecule has 0 aliphatic rings. The molecule has 0 spiro atoms. The molecule has 0 saturated heterocycles. The standard InChI is InChI=1S/C23H28F2N2O7S/c1-27(2)23(24,25)22(28)26-18-11-15(7-8-19(18)32-4)14-35(29,30)10-9-17-20(33-5)12-16(31-3)13-21(17)34-6/h7-13H,14H2,1-6H3,(H,26,28)/b10-9+. The van der Waals surface area contributed by atoms with Crippen molar-refractivity contribution >= 4 is 27.5 Å². The lowest BCUT2D eigenvalue weighted by Crippen LogP contribution is -2.46. The molecule has 192 valence electrons. The van der Waals surface area contributed by atoms with Crippen molar-refractivity contribution in [3.63, 3.8) is 0 Å². The van der Waals surface area contributed by atoms with Crippen molar-refractivity contribution in [1.29, 1.82) is 0 Å². The molecule has 35 heavy (non-hydrogen) atoms. The fourth-order valence-corrected chi connectivity index (χ4v) is 4.08. The minimum Gasteiger partial charge on any atom is -0.496 e. The zero-order valence-corrected chi connectivity index (χ0v) is 21.0. The van der Waals surface area contributed by atoms with Crippen LogP contribution in [-0.4, -0.2) is 67.8 Å². The van der Waals surface area contributed by atoms with Crippen LogP contribution in [-0.2, 0) is 20.4 Å². The van der Waals surface area contributed by atoms with E-state index in [9.17, 15) is 22.0 Å². The Balaban J connectivity index is 2.34. The summed E-state index contributed by atoms with van der Waals surface area (Å²) in [5, 5.41) is 3.08. The highest BCUT2D eigenvalue weighted by Crippen LogP contribution is 2.35. The molecule has 0 unspecified atom stereocenters. The number of nitrogens with zero attached hydrogens (tertiary/aromatic N) is 1. The van der Waals surface area contributed by atoms with Gasteiger partial charge in [-0.15, -0.1) is 0 Å². The summed E-state index contributed by atoms with van der Waals surface area (Å²) in [6.07, 6.45) is 1.33. The van der Waals surface area contributed by atoms with Crippen molar-refractivity contribution in [2.24, 2.45) is 0 Å². The first-order valence-corrected chi connectivity index (χ1v) is 11.8. The predicted molar refractivity (Wildman–Crippen MR) is 128 cm³/mol. The van der Waals surface area contributed by atoms with E-state index in [-0.39, 0.29) is 17.0 Å².